The van der Waals surface area contributed by atoms with E-state index in [1.807, 2.05) is 6.92 Å². The highest BCUT2D eigenvalue weighted by atomic mass is 19.1. The molecule has 25 heavy (non-hydrogen) atoms. The van der Waals surface area contributed by atoms with Gasteiger partial charge in [0, 0.05) is 24.5 Å². The Morgan fingerprint density at radius 3 is 2.96 bits per heavy atom. The van der Waals surface area contributed by atoms with Crippen LogP contribution >= 0.6 is 0 Å². The molecule has 2 aromatic rings. The molecule has 3 rings (SSSR count). The highest BCUT2D eigenvalue weighted by Crippen LogP contribution is 2.27. The van der Waals surface area contributed by atoms with Crippen molar-refractivity contribution in [3.05, 3.63) is 29.4 Å². The van der Waals surface area contributed by atoms with Crippen molar-refractivity contribution in [1.82, 2.24) is 14.6 Å². The molecular formula is C16H20F2N6O. The third-order valence-corrected chi connectivity index (χ3v) is 4.51. The SMILES string of the molecule is C[C@@H](CCCC1Nc2c3cc(F)cc(F)c3nc(=N)n2N1)N(C)C=O. The molecule has 0 saturated carbocycles. The Kier molecular flexibility index (Phi) is 4.56. The number of anilines is 1. The summed E-state index contributed by atoms with van der Waals surface area (Å²) in [7, 11) is 1.74. The van der Waals surface area contributed by atoms with Gasteiger partial charge in [0.2, 0.25) is 12.0 Å². The molecule has 1 aliphatic heterocycles. The molecule has 1 aromatic carbocycles. The first-order valence-corrected chi connectivity index (χ1v) is 8.07. The highest BCUT2D eigenvalue weighted by Gasteiger charge is 2.24. The summed E-state index contributed by atoms with van der Waals surface area (Å²) >= 11 is 0. The summed E-state index contributed by atoms with van der Waals surface area (Å²) in [4.78, 5) is 16.3. The second-order valence-corrected chi connectivity index (χ2v) is 6.28. The van der Waals surface area contributed by atoms with Gasteiger partial charge in [0.25, 0.3) is 0 Å². The molecular weight excluding hydrogens is 330 g/mol. The van der Waals surface area contributed by atoms with Crippen LogP contribution in [0.5, 0.6) is 0 Å². The summed E-state index contributed by atoms with van der Waals surface area (Å²) in [5.74, 6) is -1.05. The number of aromatic nitrogens is 2. The number of halogens is 2. The maximum atomic E-state index is 13.9. The van der Waals surface area contributed by atoms with Gasteiger partial charge in [0.1, 0.15) is 23.3 Å². The summed E-state index contributed by atoms with van der Waals surface area (Å²) in [6.45, 7) is 1.97. The molecule has 1 amide bonds. The van der Waals surface area contributed by atoms with Gasteiger partial charge in [-0.25, -0.2) is 18.4 Å². The van der Waals surface area contributed by atoms with Crippen molar-refractivity contribution in [2.45, 2.75) is 38.4 Å². The maximum absolute atomic E-state index is 13.9. The number of rotatable bonds is 6. The lowest BCUT2D eigenvalue weighted by molar-refractivity contribution is -0.118. The largest absolute Gasteiger partial charge is 0.348 e. The van der Waals surface area contributed by atoms with Crippen LogP contribution in [0.15, 0.2) is 12.1 Å². The van der Waals surface area contributed by atoms with Gasteiger partial charge in [0.05, 0.1) is 0 Å². The zero-order valence-electron chi connectivity index (χ0n) is 14.0. The van der Waals surface area contributed by atoms with Gasteiger partial charge in [-0.05, 0) is 32.3 Å². The third-order valence-electron chi connectivity index (χ3n) is 4.51. The van der Waals surface area contributed by atoms with Gasteiger partial charge in [0.15, 0.2) is 5.82 Å². The molecule has 1 aromatic heterocycles. The van der Waals surface area contributed by atoms with Gasteiger partial charge >= 0.3 is 0 Å². The predicted molar refractivity (Wildman–Crippen MR) is 89.4 cm³/mol. The average molecular weight is 350 g/mol. The Balaban J connectivity index is 1.76. The van der Waals surface area contributed by atoms with Crippen LogP contribution in [0.2, 0.25) is 0 Å². The molecule has 9 heteroatoms. The number of hydrogen-bond donors (Lipinski definition) is 3. The molecule has 2 heterocycles. The minimum Gasteiger partial charge on any atom is -0.348 e. The van der Waals surface area contributed by atoms with E-state index in [1.165, 1.54) is 10.7 Å². The summed E-state index contributed by atoms with van der Waals surface area (Å²) in [6, 6.07) is 2.09. The van der Waals surface area contributed by atoms with Crippen molar-refractivity contribution in [3.8, 4) is 0 Å². The standard InChI is InChI=1S/C16H20F2N6O/c1-9(23(2)8-25)4-3-5-13-20-15-11-6-10(17)7-12(18)14(11)21-16(19)24(15)22-13/h6-9,13,19-20,22H,3-5H2,1-2H3/t9-,13?/m0/s1. The number of fused-ring (bicyclic) bond motifs is 3. The van der Waals surface area contributed by atoms with Crippen molar-refractivity contribution < 1.29 is 13.6 Å². The number of hydrogen-bond acceptors (Lipinski definition) is 5. The second-order valence-electron chi connectivity index (χ2n) is 6.28. The monoisotopic (exact) mass is 350 g/mol. The number of nitrogens with one attached hydrogen (secondary N) is 3. The summed E-state index contributed by atoms with van der Waals surface area (Å²) in [6.07, 6.45) is 3.00. The summed E-state index contributed by atoms with van der Waals surface area (Å²) < 4.78 is 28.9. The van der Waals surface area contributed by atoms with Crippen LogP contribution in [-0.2, 0) is 4.79 Å². The molecule has 1 aliphatic rings. The third kappa shape index (κ3) is 3.26. The van der Waals surface area contributed by atoms with E-state index in [-0.39, 0.29) is 28.7 Å². The Morgan fingerprint density at radius 1 is 1.48 bits per heavy atom. The topological polar surface area (TPSA) is 86.0 Å². The van der Waals surface area contributed by atoms with Crippen molar-refractivity contribution in [2.75, 3.05) is 17.8 Å². The van der Waals surface area contributed by atoms with E-state index in [0.29, 0.717) is 5.82 Å². The van der Waals surface area contributed by atoms with E-state index in [4.69, 9.17) is 5.41 Å². The summed E-state index contributed by atoms with van der Waals surface area (Å²) in [5.41, 5.74) is 2.89. The minimum atomic E-state index is -0.789. The van der Waals surface area contributed by atoms with Crippen LogP contribution in [0.1, 0.15) is 26.2 Å². The molecule has 1 unspecified atom stereocenters. The molecule has 0 fully saturated rings. The number of amides is 1. The van der Waals surface area contributed by atoms with E-state index in [0.717, 1.165) is 31.7 Å². The summed E-state index contributed by atoms with van der Waals surface area (Å²) in [5, 5.41) is 11.4. The van der Waals surface area contributed by atoms with E-state index >= 15 is 0 Å². The van der Waals surface area contributed by atoms with Crippen LogP contribution in [0.3, 0.4) is 0 Å². The van der Waals surface area contributed by atoms with Gasteiger partial charge in [-0.3, -0.25) is 15.6 Å². The number of benzene rings is 1. The van der Waals surface area contributed by atoms with E-state index in [1.54, 1.807) is 11.9 Å². The molecule has 0 radical (unpaired) electrons. The maximum Gasteiger partial charge on any atom is 0.243 e. The molecule has 134 valence electrons. The van der Waals surface area contributed by atoms with Crippen molar-refractivity contribution in [1.29, 1.82) is 5.41 Å². The van der Waals surface area contributed by atoms with Crippen LogP contribution in [0.4, 0.5) is 14.6 Å². The molecule has 7 nitrogen and oxygen atoms in total. The van der Waals surface area contributed by atoms with Crippen LogP contribution in [0.25, 0.3) is 10.9 Å². The number of nitrogens with zero attached hydrogens (tertiary/aromatic N) is 3. The average Bonchev–Trinajstić information content (AvgIpc) is 3.00. The zero-order chi connectivity index (χ0) is 18.1. The lowest BCUT2D eigenvalue weighted by Crippen LogP contribution is -2.32. The fraction of sp³-hybridized carbons (Fsp3) is 0.438. The smallest absolute Gasteiger partial charge is 0.243 e. The molecule has 3 N–H and O–H groups in total. The molecule has 0 bridgehead atoms. The number of carbonyl (C=O) groups is 1. The van der Waals surface area contributed by atoms with E-state index < -0.39 is 11.6 Å². The number of carbonyl (C=O) groups excluding carboxylic acids is 1. The van der Waals surface area contributed by atoms with Crippen LogP contribution in [-0.4, -0.2) is 40.2 Å². The van der Waals surface area contributed by atoms with Gasteiger partial charge in [-0.15, -0.1) is 0 Å². The minimum absolute atomic E-state index is 0.0335. The van der Waals surface area contributed by atoms with E-state index in [2.05, 4.69) is 15.7 Å². The lowest BCUT2D eigenvalue weighted by Gasteiger charge is -2.20. The Morgan fingerprint density at radius 2 is 2.24 bits per heavy atom. The van der Waals surface area contributed by atoms with Crippen molar-refractivity contribution >= 4 is 23.1 Å². The molecule has 2 atom stereocenters. The first-order valence-electron chi connectivity index (χ1n) is 8.07. The molecule has 0 aliphatic carbocycles. The van der Waals surface area contributed by atoms with Crippen molar-refractivity contribution in [2.24, 2.45) is 0 Å². The van der Waals surface area contributed by atoms with Gasteiger partial charge in [-0.2, -0.15) is 0 Å². The Hall–Kier alpha value is -2.71. The fourth-order valence-electron chi connectivity index (χ4n) is 2.93. The van der Waals surface area contributed by atoms with E-state index in [9.17, 15) is 13.6 Å². The van der Waals surface area contributed by atoms with Crippen LogP contribution in [0, 0.1) is 17.0 Å². The lowest BCUT2D eigenvalue weighted by atomic mass is 10.1. The highest BCUT2D eigenvalue weighted by molar-refractivity contribution is 5.90. The quantitative estimate of drug-likeness (QED) is 0.693. The fourth-order valence-corrected chi connectivity index (χ4v) is 2.93. The predicted octanol–water partition coefficient (Wildman–Crippen LogP) is 1.74. The van der Waals surface area contributed by atoms with Gasteiger partial charge < -0.3 is 10.2 Å². The normalized spacial score (nSPS) is 16.9. The zero-order valence-corrected chi connectivity index (χ0v) is 14.0. The second kappa shape index (κ2) is 6.66. The van der Waals surface area contributed by atoms with Crippen molar-refractivity contribution in [3.63, 3.8) is 0 Å². The first kappa shape index (κ1) is 17.1. The Bertz CT molecular complexity index is 868. The van der Waals surface area contributed by atoms with Gasteiger partial charge in [-0.1, -0.05) is 0 Å². The molecule has 0 spiro atoms. The first-order chi connectivity index (χ1) is 11.9. The Labute approximate surface area is 143 Å². The van der Waals surface area contributed by atoms with Crippen LogP contribution < -0.4 is 16.4 Å². The molecule has 0 saturated heterocycles.